The summed E-state index contributed by atoms with van der Waals surface area (Å²) in [6.07, 6.45) is 4.45. The number of piperidine rings is 1. The van der Waals surface area contributed by atoms with Gasteiger partial charge in [0, 0.05) is 24.2 Å². The van der Waals surface area contributed by atoms with Gasteiger partial charge in [-0.25, -0.2) is 8.78 Å². The van der Waals surface area contributed by atoms with E-state index in [0.717, 1.165) is 49.6 Å². The standard InChI is InChI=1S/C21H23F2N3O2.ClH/c22-16-6-5-12(10-17(16)23)14-7-8-24-11-19(14)26-21(28)15-9-13-3-1-2-4-18(13)25-20(15)27;/h5-6,9-10,14,19,24H,1-4,7-8,11H2,(H,25,27)(H,26,28);1H. The first-order valence-corrected chi connectivity index (χ1v) is 9.74. The highest BCUT2D eigenvalue weighted by Crippen LogP contribution is 2.27. The lowest BCUT2D eigenvalue weighted by molar-refractivity contribution is 0.0922. The molecular weight excluding hydrogens is 400 g/mol. The smallest absolute Gasteiger partial charge is 0.261 e. The molecule has 4 rings (SSSR count). The maximum Gasteiger partial charge on any atom is 0.261 e. The van der Waals surface area contributed by atoms with Crippen molar-refractivity contribution in [2.24, 2.45) is 0 Å². The molecule has 0 saturated carbocycles. The monoisotopic (exact) mass is 423 g/mol. The van der Waals surface area contributed by atoms with Gasteiger partial charge in [-0.3, -0.25) is 9.59 Å². The van der Waals surface area contributed by atoms with E-state index in [1.54, 1.807) is 12.1 Å². The van der Waals surface area contributed by atoms with Crippen molar-refractivity contribution < 1.29 is 13.6 Å². The molecule has 1 saturated heterocycles. The number of aromatic nitrogens is 1. The molecule has 156 valence electrons. The summed E-state index contributed by atoms with van der Waals surface area (Å²) in [6.45, 7) is 1.22. The number of hydrogen-bond acceptors (Lipinski definition) is 3. The second-order valence-corrected chi connectivity index (χ2v) is 7.58. The first kappa shape index (κ1) is 21.5. The summed E-state index contributed by atoms with van der Waals surface area (Å²) in [5.74, 6) is -2.38. The van der Waals surface area contributed by atoms with E-state index in [9.17, 15) is 18.4 Å². The Balaban J connectivity index is 0.00000240. The van der Waals surface area contributed by atoms with Gasteiger partial charge >= 0.3 is 0 Å². The van der Waals surface area contributed by atoms with Crippen LogP contribution in [0.25, 0.3) is 0 Å². The zero-order chi connectivity index (χ0) is 19.7. The first-order chi connectivity index (χ1) is 13.5. The molecule has 2 aliphatic rings. The quantitative estimate of drug-likeness (QED) is 0.710. The van der Waals surface area contributed by atoms with Gasteiger partial charge in [0.05, 0.1) is 0 Å². The highest BCUT2D eigenvalue weighted by atomic mass is 35.5. The number of H-pyrrole nitrogens is 1. The molecule has 0 spiro atoms. The van der Waals surface area contributed by atoms with Crippen molar-refractivity contribution in [1.82, 2.24) is 15.6 Å². The second-order valence-electron chi connectivity index (χ2n) is 7.58. The van der Waals surface area contributed by atoms with Crippen LogP contribution in [0.3, 0.4) is 0 Å². The minimum atomic E-state index is -0.896. The second kappa shape index (κ2) is 9.05. The fourth-order valence-corrected chi connectivity index (χ4v) is 4.24. The molecule has 1 fully saturated rings. The van der Waals surface area contributed by atoms with E-state index in [1.807, 2.05) is 0 Å². The van der Waals surface area contributed by atoms with E-state index < -0.39 is 17.5 Å². The summed E-state index contributed by atoms with van der Waals surface area (Å²) in [7, 11) is 0. The van der Waals surface area contributed by atoms with Crippen molar-refractivity contribution in [2.45, 2.75) is 44.1 Å². The van der Waals surface area contributed by atoms with E-state index in [4.69, 9.17) is 0 Å². The molecule has 2 aromatic rings. The van der Waals surface area contributed by atoms with Crippen LogP contribution in [-0.2, 0) is 12.8 Å². The molecule has 5 nitrogen and oxygen atoms in total. The van der Waals surface area contributed by atoms with Crippen molar-refractivity contribution in [2.75, 3.05) is 13.1 Å². The minimum absolute atomic E-state index is 0. The molecule has 1 amide bonds. The molecule has 8 heteroatoms. The molecule has 0 radical (unpaired) electrons. The van der Waals surface area contributed by atoms with Gasteiger partial charge in [0.2, 0.25) is 0 Å². The van der Waals surface area contributed by atoms with E-state index >= 15 is 0 Å². The highest BCUT2D eigenvalue weighted by molar-refractivity contribution is 5.94. The van der Waals surface area contributed by atoms with Gasteiger partial charge in [0.15, 0.2) is 11.6 Å². The zero-order valence-electron chi connectivity index (χ0n) is 15.9. The fourth-order valence-electron chi connectivity index (χ4n) is 4.24. The Hall–Kier alpha value is -2.25. The number of benzene rings is 1. The Morgan fingerprint density at radius 3 is 2.69 bits per heavy atom. The van der Waals surface area contributed by atoms with E-state index in [-0.39, 0.29) is 35.5 Å². The summed E-state index contributed by atoms with van der Waals surface area (Å²) in [5, 5.41) is 6.14. The summed E-state index contributed by atoms with van der Waals surface area (Å²) in [4.78, 5) is 28.1. The normalized spacial score (nSPS) is 21.0. The van der Waals surface area contributed by atoms with Crippen LogP contribution >= 0.6 is 12.4 Å². The summed E-state index contributed by atoms with van der Waals surface area (Å²) in [6, 6.07) is 5.24. The van der Waals surface area contributed by atoms with Crippen LogP contribution in [0.4, 0.5) is 8.78 Å². The number of carbonyl (C=O) groups is 1. The molecule has 2 heterocycles. The summed E-state index contributed by atoms with van der Waals surface area (Å²) in [5.41, 5.74) is 2.31. The van der Waals surface area contributed by atoms with E-state index in [0.29, 0.717) is 18.5 Å². The molecular formula is C21H24ClF2N3O2. The Morgan fingerprint density at radius 2 is 1.90 bits per heavy atom. The topological polar surface area (TPSA) is 74.0 Å². The Labute approximate surface area is 173 Å². The van der Waals surface area contributed by atoms with Crippen LogP contribution < -0.4 is 16.2 Å². The van der Waals surface area contributed by atoms with Crippen LogP contribution in [0.15, 0.2) is 29.1 Å². The van der Waals surface area contributed by atoms with Crippen LogP contribution in [0.1, 0.15) is 52.4 Å². The van der Waals surface area contributed by atoms with Gasteiger partial charge in [-0.2, -0.15) is 0 Å². The number of nitrogens with one attached hydrogen (secondary N) is 3. The number of fused-ring (bicyclic) bond motifs is 1. The molecule has 1 aromatic heterocycles. The lowest BCUT2D eigenvalue weighted by atomic mass is 9.85. The fraction of sp³-hybridized carbons (Fsp3) is 0.429. The van der Waals surface area contributed by atoms with Gasteiger partial charge in [-0.15, -0.1) is 12.4 Å². The number of carbonyl (C=O) groups excluding carboxylic acids is 1. The average Bonchev–Trinajstić information content (AvgIpc) is 2.70. The minimum Gasteiger partial charge on any atom is -0.347 e. The van der Waals surface area contributed by atoms with Gasteiger partial charge in [0.25, 0.3) is 11.5 Å². The zero-order valence-corrected chi connectivity index (χ0v) is 16.7. The van der Waals surface area contributed by atoms with Crippen molar-refractivity contribution in [3.63, 3.8) is 0 Å². The molecule has 3 N–H and O–H groups in total. The van der Waals surface area contributed by atoms with Gasteiger partial charge < -0.3 is 15.6 Å². The van der Waals surface area contributed by atoms with Crippen molar-refractivity contribution in [1.29, 1.82) is 0 Å². The SMILES string of the molecule is Cl.O=C(NC1CNCCC1c1ccc(F)c(F)c1)c1cc2c([nH]c1=O)CCCC2. The Morgan fingerprint density at radius 1 is 1.10 bits per heavy atom. The lowest BCUT2D eigenvalue weighted by Gasteiger charge is -2.33. The van der Waals surface area contributed by atoms with Gasteiger partial charge in [0.1, 0.15) is 5.56 Å². The number of amides is 1. The maximum absolute atomic E-state index is 13.7. The lowest BCUT2D eigenvalue weighted by Crippen LogP contribution is -2.50. The Bertz CT molecular complexity index is 963. The Kier molecular flexibility index (Phi) is 6.70. The van der Waals surface area contributed by atoms with Gasteiger partial charge in [-0.1, -0.05) is 6.07 Å². The summed E-state index contributed by atoms with van der Waals surface area (Å²) < 4.78 is 27.0. The molecule has 1 aliphatic heterocycles. The van der Waals surface area contributed by atoms with E-state index in [1.165, 1.54) is 6.07 Å². The maximum atomic E-state index is 13.7. The molecule has 1 aliphatic carbocycles. The third kappa shape index (κ3) is 4.51. The van der Waals surface area contributed by atoms with Crippen LogP contribution in [0, 0.1) is 11.6 Å². The van der Waals surface area contributed by atoms with Crippen LogP contribution in [-0.4, -0.2) is 30.0 Å². The third-order valence-corrected chi connectivity index (χ3v) is 5.75. The highest BCUT2D eigenvalue weighted by Gasteiger charge is 2.29. The van der Waals surface area contributed by atoms with Crippen molar-refractivity contribution >= 4 is 18.3 Å². The third-order valence-electron chi connectivity index (χ3n) is 5.75. The number of rotatable bonds is 3. The molecule has 2 atom stereocenters. The predicted octanol–water partition coefficient (Wildman–Crippen LogP) is 2.83. The van der Waals surface area contributed by atoms with Gasteiger partial charge in [-0.05, 0) is 68.0 Å². The largest absolute Gasteiger partial charge is 0.347 e. The predicted molar refractivity (Wildman–Crippen MR) is 109 cm³/mol. The first-order valence-electron chi connectivity index (χ1n) is 9.74. The van der Waals surface area contributed by atoms with E-state index in [2.05, 4.69) is 15.6 Å². The number of pyridine rings is 1. The average molecular weight is 424 g/mol. The molecule has 1 aromatic carbocycles. The van der Waals surface area contributed by atoms with Crippen LogP contribution in [0.5, 0.6) is 0 Å². The number of aromatic amines is 1. The number of aryl methyl sites for hydroxylation is 2. The van der Waals surface area contributed by atoms with Crippen LogP contribution in [0.2, 0.25) is 0 Å². The molecule has 0 bridgehead atoms. The summed E-state index contributed by atoms with van der Waals surface area (Å²) >= 11 is 0. The van der Waals surface area contributed by atoms with Crippen molar-refractivity contribution in [3.8, 4) is 0 Å². The number of hydrogen-bond donors (Lipinski definition) is 3. The molecule has 29 heavy (non-hydrogen) atoms. The number of halogens is 3. The van der Waals surface area contributed by atoms with Crippen molar-refractivity contribution in [3.05, 3.63) is 68.6 Å². The molecule has 2 unspecified atom stereocenters.